The van der Waals surface area contributed by atoms with Gasteiger partial charge in [0.05, 0.1) is 0 Å². The minimum absolute atomic E-state index is 0.0280. The lowest BCUT2D eigenvalue weighted by molar-refractivity contribution is -0.143. The van der Waals surface area contributed by atoms with E-state index in [-0.39, 0.29) is 6.54 Å². The van der Waals surface area contributed by atoms with Crippen molar-refractivity contribution in [1.29, 1.82) is 0 Å². The van der Waals surface area contributed by atoms with Crippen LogP contribution >= 0.6 is 0 Å². The molecule has 0 aliphatic heterocycles. The Bertz CT molecular complexity index is 637. The van der Waals surface area contributed by atoms with Crippen molar-refractivity contribution in [2.45, 2.75) is 18.8 Å². The molecule has 0 aromatic heterocycles. The summed E-state index contributed by atoms with van der Waals surface area (Å²) in [4.78, 5) is 11.9. The minimum atomic E-state index is -1.14. The van der Waals surface area contributed by atoms with Gasteiger partial charge in [-0.25, -0.2) is 0 Å². The average Bonchev–Trinajstić information content (AvgIpc) is 2.45. The van der Waals surface area contributed by atoms with Crippen LogP contribution in [0.25, 0.3) is 0 Å². The first-order chi connectivity index (χ1) is 9.98. The molecule has 0 spiro atoms. The largest absolute Gasteiger partial charge is 0.481 e. The molecule has 110 valence electrons. The van der Waals surface area contributed by atoms with Gasteiger partial charge in [-0.3, -0.25) is 4.79 Å². The smallest absolute Gasteiger partial charge is 0.315 e. The second-order valence-corrected chi connectivity index (χ2v) is 5.38. The van der Waals surface area contributed by atoms with Crippen LogP contribution in [0, 0.1) is 6.92 Å². The zero-order valence-corrected chi connectivity index (χ0v) is 12.0. The highest BCUT2D eigenvalue weighted by Crippen LogP contribution is 2.29. The molecular weight excluding hydrogens is 264 g/mol. The Balaban J connectivity index is 2.46. The third-order valence-electron chi connectivity index (χ3n) is 3.82. The van der Waals surface area contributed by atoms with Crippen molar-refractivity contribution in [2.75, 3.05) is 12.3 Å². The summed E-state index contributed by atoms with van der Waals surface area (Å²) < 4.78 is 0. The first-order valence-corrected chi connectivity index (χ1v) is 6.83. The molecule has 2 aromatic rings. The van der Waals surface area contributed by atoms with E-state index in [1.165, 1.54) is 0 Å². The van der Waals surface area contributed by atoms with Crippen LogP contribution in [0.1, 0.15) is 16.7 Å². The summed E-state index contributed by atoms with van der Waals surface area (Å²) in [5.74, 6) is -0.920. The average molecular weight is 284 g/mol. The van der Waals surface area contributed by atoms with Crippen LogP contribution in [0.15, 0.2) is 48.5 Å². The molecule has 0 aliphatic carbocycles. The third kappa shape index (κ3) is 3.06. The van der Waals surface area contributed by atoms with Crippen molar-refractivity contribution in [2.24, 2.45) is 5.73 Å². The lowest BCUT2D eigenvalue weighted by atomic mass is 9.75. The van der Waals surface area contributed by atoms with E-state index in [4.69, 9.17) is 11.5 Å². The number of carboxylic acid groups (broad SMARTS) is 1. The van der Waals surface area contributed by atoms with E-state index in [1.54, 1.807) is 12.1 Å². The predicted molar refractivity (Wildman–Crippen MR) is 84.1 cm³/mol. The molecule has 0 saturated carbocycles. The Kier molecular flexibility index (Phi) is 4.29. The molecule has 2 rings (SSSR count). The maximum Gasteiger partial charge on any atom is 0.315 e. The van der Waals surface area contributed by atoms with E-state index in [0.29, 0.717) is 17.7 Å². The van der Waals surface area contributed by atoms with Gasteiger partial charge in [0.15, 0.2) is 0 Å². The van der Waals surface area contributed by atoms with Crippen LogP contribution in [0.3, 0.4) is 0 Å². The van der Waals surface area contributed by atoms with E-state index in [9.17, 15) is 9.90 Å². The van der Waals surface area contributed by atoms with Crippen LogP contribution in [-0.4, -0.2) is 17.6 Å². The lowest BCUT2D eigenvalue weighted by Gasteiger charge is -2.29. The number of carboxylic acids is 1. The Morgan fingerprint density at radius 1 is 1.19 bits per heavy atom. The van der Waals surface area contributed by atoms with Gasteiger partial charge >= 0.3 is 5.97 Å². The zero-order chi connectivity index (χ0) is 15.5. The molecule has 0 saturated heterocycles. The van der Waals surface area contributed by atoms with Gasteiger partial charge in [-0.15, -0.1) is 0 Å². The number of nitrogen functional groups attached to an aromatic ring is 1. The van der Waals surface area contributed by atoms with Crippen molar-refractivity contribution >= 4 is 11.7 Å². The summed E-state index contributed by atoms with van der Waals surface area (Å²) in [5.41, 5.74) is 13.8. The van der Waals surface area contributed by atoms with Gasteiger partial charge in [0.2, 0.25) is 0 Å². The van der Waals surface area contributed by atoms with Crippen LogP contribution in [0.2, 0.25) is 0 Å². The first-order valence-electron chi connectivity index (χ1n) is 6.83. The maximum atomic E-state index is 11.9. The molecule has 0 heterocycles. The predicted octanol–water partition coefficient (Wildman–Crippen LogP) is 2.10. The molecule has 4 heteroatoms. The Hall–Kier alpha value is -2.33. The summed E-state index contributed by atoms with van der Waals surface area (Å²) in [7, 11) is 0. The van der Waals surface area contributed by atoms with Crippen molar-refractivity contribution in [3.05, 3.63) is 65.2 Å². The summed E-state index contributed by atoms with van der Waals surface area (Å²) >= 11 is 0. The van der Waals surface area contributed by atoms with Crippen LogP contribution in [0.5, 0.6) is 0 Å². The summed E-state index contributed by atoms with van der Waals surface area (Å²) in [6, 6.07) is 14.7. The summed E-state index contributed by atoms with van der Waals surface area (Å²) in [6.07, 6.45) is 0.312. The number of carbonyl (C=O) groups is 1. The van der Waals surface area contributed by atoms with Gasteiger partial charge in [0.25, 0.3) is 0 Å². The lowest BCUT2D eigenvalue weighted by Crippen LogP contribution is -2.45. The molecule has 0 bridgehead atoms. The number of rotatable bonds is 5. The molecule has 1 unspecified atom stereocenters. The third-order valence-corrected chi connectivity index (χ3v) is 3.82. The van der Waals surface area contributed by atoms with Gasteiger partial charge in [-0.1, -0.05) is 42.0 Å². The topological polar surface area (TPSA) is 89.3 Å². The molecule has 1 atom stereocenters. The number of anilines is 1. The Morgan fingerprint density at radius 2 is 1.86 bits per heavy atom. The number of hydrogen-bond acceptors (Lipinski definition) is 3. The van der Waals surface area contributed by atoms with Crippen LogP contribution < -0.4 is 11.5 Å². The fourth-order valence-corrected chi connectivity index (χ4v) is 2.50. The van der Waals surface area contributed by atoms with E-state index >= 15 is 0 Å². The Morgan fingerprint density at radius 3 is 2.38 bits per heavy atom. The molecule has 21 heavy (non-hydrogen) atoms. The molecule has 5 N–H and O–H groups in total. The highest BCUT2D eigenvalue weighted by atomic mass is 16.4. The molecule has 0 radical (unpaired) electrons. The second kappa shape index (κ2) is 5.97. The van der Waals surface area contributed by atoms with Crippen molar-refractivity contribution < 1.29 is 9.90 Å². The minimum Gasteiger partial charge on any atom is -0.481 e. The molecule has 0 fully saturated rings. The molecular formula is C17H20N2O2. The maximum absolute atomic E-state index is 11.9. The highest BCUT2D eigenvalue weighted by Gasteiger charge is 2.39. The molecule has 2 aromatic carbocycles. The second-order valence-electron chi connectivity index (χ2n) is 5.38. The number of aliphatic carboxylic acids is 1. The number of aryl methyl sites for hydroxylation is 1. The standard InChI is InChI=1S/C17H20N2O2/c1-12-5-7-14(8-6-12)17(11-18,16(20)21)10-13-3-2-4-15(19)9-13/h2-9H,10-11,18-19H2,1H3,(H,20,21). The SMILES string of the molecule is Cc1ccc(C(CN)(Cc2cccc(N)c2)C(=O)O)cc1. The molecule has 0 amide bonds. The van der Waals surface area contributed by atoms with E-state index in [0.717, 1.165) is 11.1 Å². The van der Waals surface area contributed by atoms with Crippen molar-refractivity contribution in [3.8, 4) is 0 Å². The highest BCUT2D eigenvalue weighted by molar-refractivity contribution is 5.82. The summed E-state index contributed by atoms with van der Waals surface area (Å²) in [6.45, 7) is 1.99. The first kappa shape index (κ1) is 15.1. The fourth-order valence-electron chi connectivity index (χ4n) is 2.50. The fraction of sp³-hybridized carbons (Fsp3) is 0.235. The van der Waals surface area contributed by atoms with Gasteiger partial charge in [0, 0.05) is 12.2 Å². The zero-order valence-electron chi connectivity index (χ0n) is 12.0. The van der Waals surface area contributed by atoms with Gasteiger partial charge in [-0.05, 0) is 36.6 Å². The normalized spacial score (nSPS) is 13.6. The monoisotopic (exact) mass is 284 g/mol. The Labute approximate surface area is 124 Å². The molecule has 4 nitrogen and oxygen atoms in total. The van der Waals surface area contributed by atoms with E-state index in [2.05, 4.69) is 0 Å². The number of nitrogens with two attached hydrogens (primary N) is 2. The quantitative estimate of drug-likeness (QED) is 0.733. The van der Waals surface area contributed by atoms with Crippen molar-refractivity contribution in [3.63, 3.8) is 0 Å². The van der Waals surface area contributed by atoms with Crippen LogP contribution in [-0.2, 0) is 16.6 Å². The molecule has 0 aliphatic rings. The van der Waals surface area contributed by atoms with Crippen molar-refractivity contribution in [1.82, 2.24) is 0 Å². The van der Waals surface area contributed by atoms with E-state index < -0.39 is 11.4 Å². The summed E-state index contributed by atoms with van der Waals surface area (Å²) in [5, 5.41) is 9.77. The van der Waals surface area contributed by atoms with Crippen LogP contribution in [0.4, 0.5) is 5.69 Å². The van der Waals surface area contributed by atoms with Gasteiger partial charge < -0.3 is 16.6 Å². The van der Waals surface area contributed by atoms with E-state index in [1.807, 2.05) is 43.3 Å². The number of benzene rings is 2. The van der Waals surface area contributed by atoms with Gasteiger partial charge in [-0.2, -0.15) is 0 Å². The van der Waals surface area contributed by atoms with Gasteiger partial charge in [0.1, 0.15) is 5.41 Å². The number of hydrogen-bond donors (Lipinski definition) is 3.